The SMILES string of the molecule is COCc1cc(O[Si](C)(C)C(C)(C)C)c2c(c1)C(=O)OC[C@H](N)C(=O)N[C@H](C(=O)OC)CSC2. The minimum atomic E-state index is -2.25. The molecule has 0 unspecified atom stereocenters. The topological polar surface area (TPSA) is 126 Å². The molecule has 11 heteroatoms. The zero-order valence-corrected chi connectivity index (χ0v) is 22.8. The smallest absolute Gasteiger partial charge is 0.338 e. The number of nitrogens with one attached hydrogen (secondary N) is 1. The maximum atomic E-state index is 13.1. The maximum Gasteiger partial charge on any atom is 0.338 e. The van der Waals surface area contributed by atoms with Crippen LogP contribution < -0.4 is 15.5 Å². The van der Waals surface area contributed by atoms with Crippen molar-refractivity contribution in [2.75, 3.05) is 26.6 Å². The molecule has 2 atom stereocenters. The van der Waals surface area contributed by atoms with Crippen LogP contribution in [0.5, 0.6) is 5.75 Å². The minimum Gasteiger partial charge on any atom is -0.543 e. The third-order valence-electron chi connectivity index (χ3n) is 6.03. The zero-order chi connectivity index (χ0) is 25.7. The van der Waals surface area contributed by atoms with E-state index in [2.05, 4.69) is 39.2 Å². The highest BCUT2D eigenvalue weighted by molar-refractivity contribution is 7.98. The number of fused-ring (bicyclic) bond motifs is 1. The van der Waals surface area contributed by atoms with Crippen LogP contribution in [0.15, 0.2) is 12.1 Å². The molecule has 1 aromatic carbocycles. The molecule has 0 aliphatic carbocycles. The summed E-state index contributed by atoms with van der Waals surface area (Å²) in [7, 11) is 0.582. The first-order valence-corrected chi connectivity index (χ1v) is 15.1. The Kier molecular flexibility index (Phi) is 9.58. The number of cyclic esters (lactones) is 1. The Morgan fingerprint density at radius 1 is 1.26 bits per heavy atom. The van der Waals surface area contributed by atoms with Crippen molar-refractivity contribution in [3.05, 3.63) is 28.8 Å². The number of benzene rings is 1. The van der Waals surface area contributed by atoms with E-state index in [4.69, 9.17) is 24.4 Å². The highest BCUT2D eigenvalue weighted by atomic mass is 32.2. The number of thioether (sulfide) groups is 1. The molecule has 190 valence electrons. The summed E-state index contributed by atoms with van der Waals surface area (Å²) in [5.41, 5.74) is 7.66. The molecule has 0 spiro atoms. The van der Waals surface area contributed by atoms with Gasteiger partial charge in [0.05, 0.1) is 19.3 Å². The molecule has 1 heterocycles. The van der Waals surface area contributed by atoms with Gasteiger partial charge in [-0.05, 0) is 35.8 Å². The number of rotatable bonds is 5. The standard InChI is InChI=1S/C23H36N2O7SSi/c1-23(2,3)34(6,7)32-19-9-14(10-29-4)8-15-16(19)12-33-13-18(22(28)30-5)25-20(26)17(24)11-31-21(15)27/h8-9,17-18H,10-13,24H2,1-7H3,(H,25,26)/t17-,18-/m0/s1. The van der Waals surface area contributed by atoms with Crippen LogP contribution in [0.4, 0.5) is 0 Å². The van der Waals surface area contributed by atoms with Gasteiger partial charge in [0.2, 0.25) is 14.2 Å². The molecule has 0 bridgehead atoms. The molecule has 0 radical (unpaired) electrons. The number of carbonyl (C=O) groups excluding carboxylic acids is 3. The van der Waals surface area contributed by atoms with E-state index in [0.29, 0.717) is 22.6 Å². The quantitative estimate of drug-likeness (QED) is 0.452. The Bertz CT molecular complexity index is 917. The Morgan fingerprint density at radius 2 is 1.94 bits per heavy atom. The molecule has 2 rings (SSSR count). The van der Waals surface area contributed by atoms with Gasteiger partial charge >= 0.3 is 11.9 Å². The van der Waals surface area contributed by atoms with Crippen LogP contribution >= 0.6 is 11.8 Å². The molecule has 0 saturated carbocycles. The zero-order valence-electron chi connectivity index (χ0n) is 21.0. The van der Waals surface area contributed by atoms with Gasteiger partial charge < -0.3 is 29.7 Å². The van der Waals surface area contributed by atoms with Crippen LogP contribution in [0.25, 0.3) is 0 Å². The number of carbonyl (C=O) groups is 3. The molecule has 1 amide bonds. The van der Waals surface area contributed by atoms with Crippen LogP contribution in [-0.2, 0) is 36.2 Å². The second kappa shape index (κ2) is 11.6. The van der Waals surface area contributed by atoms with Crippen LogP contribution in [-0.4, -0.2) is 64.8 Å². The predicted molar refractivity (Wildman–Crippen MR) is 133 cm³/mol. The molecule has 3 N–H and O–H groups in total. The van der Waals surface area contributed by atoms with Crippen molar-refractivity contribution >= 4 is 37.9 Å². The van der Waals surface area contributed by atoms with Crippen LogP contribution in [0, 0.1) is 0 Å². The summed E-state index contributed by atoms with van der Waals surface area (Å²) in [6, 6.07) is 1.60. The molecule has 1 aromatic rings. The Morgan fingerprint density at radius 3 is 2.53 bits per heavy atom. The Labute approximate surface area is 206 Å². The predicted octanol–water partition coefficient (Wildman–Crippen LogP) is 2.61. The summed E-state index contributed by atoms with van der Waals surface area (Å²) in [5.74, 6) is -0.575. The van der Waals surface area contributed by atoms with E-state index in [1.54, 1.807) is 13.2 Å². The lowest BCUT2D eigenvalue weighted by Gasteiger charge is -2.37. The second-order valence-corrected chi connectivity index (χ2v) is 15.5. The van der Waals surface area contributed by atoms with Gasteiger partial charge in [-0.25, -0.2) is 9.59 Å². The van der Waals surface area contributed by atoms with Gasteiger partial charge in [0.1, 0.15) is 24.4 Å². The molecule has 9 nitrogen and oxygen atoms in total. The average molecular weight is 513 g/mol. The second-order valence-electron chi connectivity index (χ2n) is 9.72. The fourth-order valence-electron chi connectivity index (χ4n) is 2.99. The van der Waals surface area contributed by atoms with E-state index in [-0.39, 0.29) is 24.0 Å². The van der Waals surface area contributed by atoms with E-state index in [1.807, 2.05) is 6.07 Å². The van der Waals surface area contributed by atoms with Crippen LogP contribution in [0.3, 0.4) is 0 Å². The highest BCUT2D eigenvalue weighted by Crippen LogP contribution is 2.40. The van der Waals surface area contributed by atoms with Crippen molar-refractivity contribution in [2.24, 2.45) is 5.73 Å². The first-order chi connectivity index (χ1) is 15.8. The van der Waals surface area contributed by atoms with Gasteiger partial charge in [0.25, 0.3) is 0 Å². The molecule has 0 fully saturated rings. The number of ether oxygens (including phenoxy) is 3. The van der Waals surface area contributed by atoms with Gasteiger partial charge in [-0.15, -0.1) is 0 Å². The minimum absolute atomic E-state index is 0.0663. The largest absolute Gasteiger partial charge is 0.543 e. The van der Waals surface area contributed by atoms with Crippen molar-refractivity contribution in [3.63, 3.8) is 0 Å². The molecule has 0 saturated heterocycles. The Hall–Kier alpha value is -2.08. The lowest BCUT2D eigenvalue weighted by molar-refractivity contribution is -0.144. The lowest BCUT2D eigenvalue weighted by Crippen LogP contribution is -2.51. The summed E-state index contributed by atoms with van der Waals surface area (Å²) in [6.45, 7) is 10.6. The normalized spacial score (nSPS) is 20.2. The Balaban J connectivity index is 2.56. The fraction of sp³-hybridized carbons (Fsp3) is 0.609. The summed E-state index contributed by atoms with van der Waals surface area (Å²) in [4.78, 5) is 37.7. The summed E-state index contributed by atoms with van der Waals surface area (Å²) < 4.78 is 22.2. The summed E-state index contributed by atoms with van der Waals surface area (Å²) in [6.07, 6.45) is 0. The van der Waals surface area contributed by atoms with Crippen molar-refractivity contribution in [1.82, 2.24) is 5.32 Å². The van der Waals surface area contributed by atoms with Gasteiger partial charge in [-0.1, -0.05) is 20.8 Å². The molecule has 0 aromatic heterocycles. The van der Waals surface area contributed by atoms with E-state index in [0.717, 1.165) is 5.56 Å². The van der Waals surface area contributed by atoms with Crippen LogP contribution in [0.1, 0.15) is 42.3 Å². The number of esters is 2. The molecular weight excluding hydrogens is 476 g/mol. The summed E-state index contributed by atoms with van der Waals surface area (Å²) in [5, 5.41) is 2.51. The van der Waals surface area contributed by atoms with Crippen LogP contribution in [0.2, 0.25) is 18.1 Å². The number of hydrogen-bond donors (Lipinski definition) is 2. The van der Waals surface area contributed by atoms with E-state index >= 15 is 0 Å². The maximum absolute atomic E-state index is 13.1. The first kappa shape index (κ1) is 28.2. The average Bonchev–Trinajstić information content (AvgIpc) is 2.75. The van der Waals surface area contributed by atoms with Crippen molar-refractivity contribution in [3.8, 4) is 5.75 Å². The molecule has 1 aliphatic heterocycles. The highest BCUT2D eigenvalue weighted by Gasteiger charge is 2.40. The van der Waals surface area contributed by atoms with E-state index in [9.17, 15) is 14.4 Å². The lowest BCUT2D eigenvalue weighted by atomic mass is 10.0. The molecule has 1 aliphatic rings. The monoisotopic (exact) mass is 512 g/mol. The fourth-order valence-corrected chi connectivity index (χ4v) is 5.10. The summed E-state index contributed by atoms with van der Waals surface area (Å²) >= 11 is 1.37. The van der Waals surface area contributed by atoms with E-state index < -0.39 is 38.2 Å². The van der Waals surface area contributed by atoms with Gasteiger partial charge in [0, 0.05) is 24.2 Å². The number of hydrogen-bond acceptors (Lipinski definition) is 9. The van der Waals surface area contributed by atoms with Crippen molar-refractivity contribution < 1.29 is 33.0 Å². The first-order valence-electron chi connectivity index (χ1n) is 11.0. The van der Waals surface area contributed by atoms with Gasteiger partial charge in [-0.3, -0.25) is 4.79 Å². The number of methoxy groups -OCH3 is 2. The van der Waals surface area contributed by atoms with Crippen molar-refractivity contribution in [2.45, 2.75) is 63.3 Å². The third kappa shape index (κ3) is 6.97. The van der Waals surface area contributed by atoms with Gasteiger partial charge in [-0.2, -0.15) is 11.8 Å². The molecular formula is C23H36N2O7SSi. The third-order valence-corrected chi connectivity index (χ3v) is 11.4. The van der Waals surface area contributed by atoms with E-state index in [1.165, 1.54) is 18.9 Å². The van der Waals surface area contributed by atoms with Gasteiger partial charge in [0.15, 0.2) is 0 Å². The van der Waals surface area contributed by atoms with Crippen molar-refractivity contribution in [1.29, 1.82) is 0 Å². The number of nitrogens with two attached hydrogens (primary N) is 1. The molecule has 34 heavy (non-hydrogen) atoms. The number of amides is 1.